The van der Waals surface area contributed by atoms with Crippen LogP contribution in [0.5, 0.6) is 0 Å². The molecule has 2 heterocycles. The predicted molar refractivity (Wildman–Crippen MR) is 125 cm³/mol. The first kappa shape index (κ1) is 21.0. The lowest BCUT2D eigenvalue weighted by Crippen LogP contribution is -2.38. The minimum Gasteiger partial charge on any atom is -0.359 e. The van der Waals surface area contributed by atoms with Gasteiger partial charge in [0, 0.05) is 44.1 Å². The second kappa shape index (κ2) is 9.73. The summed E-state index contributed by atoms with van der Waals surface area (Å²) < 4.78 is 0. The highest BCUT2D eigenvalue weighted by molar-refractivity contribution is 5.77. The second-order valence-corrected chi connectivity index (χ2v) is 8.13. The Morgan fingerprint density at radius 3 is 2.45 bits per heavy atom. The molecule has 3 aromatic rings. The van der Waals surface area contributed by atoms with Crippen molar-refractivity contribution in [3.63, 3.8) is 0 Å². The highest BCUT2D eigenvalue weighted by atomic mass is 16.2. The van der Waals surface area contributed by atoms with E-state index in [1.54, 1.807) is 0 Å². The Labute approximate surface area is 184 Å². The number of aryl methyl sites for hydroxylation is 1. The number of carbonyl (C=O) groups is 1. The lowest BCUT2D eigenvalue weighted by molar-refractivity contribution is -0.132. The highest BCUT2D eigenvalue weighted by Crippen LogP contribution is 2.29. The van der Waals surface area contributed by atoms with Crippen molar-refractivity contribution in [1.29, 1.82) is 0 Å². The lowest BCUT2D eigenvalue weighted by Gasteiger charge is -2.32. The van der Waals surface area contributed by atoms with Gasteiger partial charge in [-0.05, 0) is 18.4 Å². The Kier molecular flexibility index (Phi) is 6.60. The summed E-state index contributed by atoms with van der Waals surface area (Å²) in [6.07, 6.45) is 3.11. The zero-order chi connectivity index (χ0) is 21.6. The molecule has 0 aliphatic carbocycles. The van der Waals surface area contributed by atoms with Crippen LogP contribution in [0.15, 0.2) is 60.7 Å². The van der Waals surface area contributed by atoms with Crippen molar-refractivity contribution < 1.29 is 4.79 Å². The molecule has 1 aromatic heterocycles. The minimum atomic E-state index is 0.200. The molecule has 5 heteroatoms. The zero-order valence-electron chi connectivity index (χ0n) is 18.4. The number of carbonyl (C=O) groups excluding carboxylic acids is 1. The third kappa shape index (κ3) is 4.93. The zero-order valence-corrected chi connectivity index (χ0v) is 18.4. The molecule has 0 fully saturated rings. The third-order valence-corrected chi connectivity index (χ3v) is 5.81. The number of rotatable bonds is 7. The number of nitrogens with zero attached hydrogens (tertiary/aromatic N) is 4. The normalized spacial score (nSPS) is 13.0. The predicted octanol–water partition coefficient (Wildman–Crippen LogP) is 4.51. The second-order valence-electron chi connectivity index (χ2n) is 8.13. The molecule has 2 aromatic carbocycles. The number of amides is 1. The van der Waals surface area contributed by atoms with Crippen molar-refractivity contribution in [2.75, 3.05) is 25.0 Å². The molecular weight excluding hydrogens is 384 g/mol. The van der Waals surface area contributed by atoms with Crippen LogP contribution >= 0.6 is 0 Å². The first-order chi connectivity index (χ1) is 15.2. The van der Waals surface area contributed by atoms with Crippen LogP contribution in [0.1, 0.15) is 36.6 Å². The van der Waals surface area contributed by atoms with E-state index >= 15 is 0 Å². The fourth-order valence-corrected chi connectivity index (χ4v) is 4.14. The first-order valence-corrected chi connectivity index (χ1v) is 11.1. The molecule has 4 rings (SSSR count). The van der Waals surface area contributed by atoms with Gasteiger partial charge in [-0.15, -0.1) is 0 Å². The quantitative estimate of drug-likeness (QED) is 0.571. The molecular formula is C26H30N4O. The van der Waals surface area contributed by atoms with Gasteiger partial charge in [-0.1, -0.05) is 67.6 Å². The molecule has 1 aliphatic heterocycles. The number of hydrogen-bond donors (Lipinski definition) is 0. The smallest absolute Gasteiger partial charge is 0.223 e. The van der Waals surface area contributed by atoms with Gasteiger partial charge < -0.3 is 9.80 Å². The van der Waals surface area contributed by atoms with Crippen LogP contribution in [0.4, 0.5) is 5.82 Å². The molecule has 1 aliphatic rings. The maximum absolute atomic E-state index is 12.9. The van der Waals surface area contributed by atoms with Gasteiger partial charge >= 0.3 is 0 Å². The highest BCUT2D eigenvalue weighted by Gasteiger charge is 2.26. The van der Waals surface area contributed by atoms with Crippen LogP contribution in [0, 0.1) is 0 Å². The maximum atomic E-state index is 12.9. The summed E-state index contributed by atoms with van der Waals surface area (Å²) in [5.74, 6) is 1.91. The lowest BCUT2D eigenvalue weighted by atomic mass is 10.0. The number of anilines is 1. The van der Waals surface area contributed by atoms with Crippen LogP contribution in [-0.4, -0.2) is 40.9 Å². The van der Waals surface area contributed by atoms with Crippen LogP contribution in [0.2, 0.25) is 0 Å². The van der Waals surface area contributed by atoms with Gasteiger partial charge in [0.1, 0.15) is 5.82 Å². The molecule has 0 saturated heterocycles. The summed E-state index contributed by atoms with van der Waals surface area (Å²) >= 11 is 0. The van der Waals surface area contributed by atoms with E-state index in [0.29, 0.717) is 19.5 Å². The fraction of sp³-hybridized carbons (Fsp3) is 0.346. The van der Waals surface area contributed by atoms with Gasteiger partial charge in [-0.3, -0.25) is 4.79 Å². The fourth-order valence-electron chi connectivity index (χ4n) is 4.14. The van der Waals surface area contributed by atoms with E-state index in [0.717, 1.165) is 54.3 Å². The molecule has 31 heavy (non-hydrogen) atoms. The summed E-state index contributed by atoms with van der Waals surface area (Å²) in [4.78, 5) is 27.0. The summed E-state index contributed by atoms with van der Waals surface area (Å²) in [6.45, 7) is 4.38. The summed E-state index contributed by atoms with van der Waals surface area (Å²) in [7, 11) is 2.08. The van der Waals surface area contributed by atoms with E-state index in [2.05, 4.69) is 31.0 Å². The van der Waals surface area contributed by atoms with Crippen molar-refractivity contribution in [1.82, 2.24) is 14.9 Å². The van der Waals surface area contributed by atoms with Crippen molar-refractivity contribution in [3.8, 4) is 11.4 Å². The third-order valence-electron chi connectivity index (χ3n) is 5.81. The number of fused-ring (bicyclic) bond motifs is 1. The van der Waals surface area contributed by atoms with Gasteiger partial charge in [-0.2, -0.15) is 0 Å². The van der Waals surface area contributed by atoms with E-state index in [4.69, 9.17) is 9.97 Å². The largest absolute Gasteiger partial charge is 0.359 e. The van der Waals surface area contributed by atoms with E-state index in [1.165, 1.54) is 5.56 Å². The van der Waals surface area contributed by atoms with Gasteiger partial charge in [0.05, 0.1) is 12.2 Å². The van der Waals surface area contributed by atoms with Crippen molar-refractivity contribution in [2.45, 2.75) is 39.2 Å². The average Bonchev–Trinajstić information content (AvgIpc) is 2.83. The molecule has 0 spiro atoms. The number of benzene rings is 2. The maximum Gasteiger partial charge on any atom is 0.223 e. The average molecular weight is 415 g/mol. The monoisotopic (exact) mass is 414 g/mol. The van der Waals surface area contributed by atoms with Gasteiger partial charge in [0.15, 0.2) is 5.82 Å². The van der Waals surface area contributed by atoms with Gasteiger partial charge in [-0.25, -0.2) is 9.97 Å². The summed E-state index contributed by atoms with van der Waals surface area (Å²) in [5, 5.41) is 0. The van der Waals surface area contributed by atoms with E-state index < -0.39 is 0 Å². The van der Waals surface area contributed by atoms with Gasteiger partial charge in [0.2, 0.25) is 5.91 Å². The molecule has 0 N–H and O–H groups in total. The van der Waals surface area contributed by atoms with E-state index in [9.17, 15) is 4.79 Å². The minimum absolute atomic E-state index is 0.200. The number of aromatic nitrogens is 2. The van der Waals surface area contributed by atoms with Crippen molar-refractivity contribution in [2.24, 2.45) is 0 Å². The summed E-state index contributed by atoms with van der Waals surface area (Å²) in [6, 6.07) is 20.3. The Hall–Kier alpha value is -3.21. The number of hydrogen-bond acceptors (Lipinski definition) is 4. The Bertz CT molecular complexity index is 1020. The van der Waals surface area contributed by atoms with Crippen LogP contribution in [0.3, 0.4) is 0 Å². The Balaban J connectivity index is 1.57. The van der Waals surface area contributed by atoms with Gasteiger partial charge in [0.25, 0.3) is 0 Å². The van der Waals surface area contributed by atoms with Crippen LogP contribution < -0.4 is 4.90 Å². The Morgan fingerprint density at radius 2 is 1.74 bits per heavy atom. The van der Waals surface area contributed by atoms with Crippen LogP contribution in [-0.2, 0) is 24.2 Å². The van der Waals surface area contributed by atoms with Crippen LogP contribution in [0.25, 0.3) is 11.4 Å². The first-order valence-electron chi connectivity index (χ1n) is 11.1. The standard InChI is InChI=1S/C26H30N4O/c1-3-17-29(2)26-22-19-30(24(31)15-14-20-10-6-4-7-11-20)18-16-23(22)27-25(28-26)21-12-8-5-9-13-21/h4-13H,3,14-19H2,1-2H3. The summed E-state index contributed by atoms with van der Waals surface area (Å²) in [5.41, 5.74) is 4.39. The molecule has 0 radical (unpaired) electrons. The molecule has 0 atom stereocenters. The molecule has 5 nitrogen and oxygen atoms in total. The molecule has 1 amide bonds. The molecule has 0 unspecified atom stereocenters. The van der Waals surface area contributed by atoms with E-state index in [-0.39, 0.29) is 5.91 Å². The molecule has 160 valence electrons. The van der Waals surface area contributed by atoms with Crippen molar-refractivity contribution >= 4 is 11.7 Å². The topological polar surface area (TPSA) is 49.3 Å². The SMILES string of the molecule is CCCN(C)c1nc(-c2ccccc2)nc2c1CN(C(=O)CCc1ccccc1)CC2. The Morgan fingerprint density at radius 1 is 1.03 bits per heavy atom. The van der Waals surface area contributed by atoms with E-state index in [1.807, 2.05) is 53.4 Å². The molecule has 0 saturated carbocycles. The van der Waals surface area contributed by atoms with Crippen molar-refractivity contribution in [3.05, 3.63) is 77.5 Å². The molecule has 0 bridgehead atoms.